The summed E-state index contributed by atoms with van der Waals surface area (Å²) in [6.45, 7) is 7.57. The van der Waals surface area contributed by atoms with Gasteiger partial charge in [-0.3, -0.25) is 4.79 Å². The average molecular weight is 286 g/mol. The molecule has 2 aromatic carbocycles. The fraction of sp³-hybridized carbons (Fsp3) is 0.278. The summed E-state index contributed by atoms with van der Waals surface area (Å²) in [5.74, 6) is -0.0508. The molecule has 2 rings (SSSR count). The molecular formula is C18H19FO2. The molecule has 2 aromatic rings. The van der Waals surface area contributed by atoms with Gasteiger partial charge in [-0.05, 0) is 50.5 Å². The Kier molecular flexibility index (Phi) is 4.41. The Hall–Kier alpha value is -2.16. The minimum Gasteiger partial charge on any atom is -0.485 e. The molecule has 0 aromatic heterocycles. The maximum atomic E-state index is 13.2. The van der Waals surface area contributed by atoms with E-state index in [-0.39, 0.29) is 18.2 Å². The molecule has 0 bridgehead atoms. The van der Waals surface area contributed by atoms with Crippen LogP contribution in [-0.2, 0) is 0 Å². The molecule has 0 fully saturated rings. The molecule has 0 amide bonds. The van der Waals surface area contributed by atoms with Crippen LogP contribution in [0.5, 0.6) is 5.75 Å². The fourth-order valence-electron chi connectivity index (χ4n) is 2.56. The first kappa shape index (κ1) is 15.2. The number of carbonyl (C=O) groups excluding carboxylic acids is 1. The van der Waals surface area contributed by atoms with Crippen LogP contribution in [-0.4, -0.2) is 12.4 Å². The van der Waals surface area contributed by atoms with E-state index in [4.69, 9.17) is 4.74 Å². The maximum absolute atomic E-state index is 13.2. The van der Waals surface area contributed by atoms with Crippen molar-refractivity contribution in [1.29, 1.82) is 0 Å². The predicted molar refractivity (Wildman–Crippen MR) is 81.6 cm³/mol. The molecule has 110 valence electrons. The zero-order chi connectivity index (χ0) is 15.6. The van der Waals surface area contributed by atoms with Crippen molar-refractivity contribution in [3.8, 4) is 5.75 Å². The lowest BCUT2D eigenvalue weighted by molar-refractivity contribution is 0.0919. The van der Waals surface area contributed by atoms with E-state index in [1.165, 1.54) is 12.1 Å². The van der Waals surface area contributed by atoms with E-state index in [9.17, 15) is 9.18 Å². The molecule has 0 spiro atoms. The van der Waals surface area contributed by atoms with Crippen LogP contribution in [0.2, 0.25) is 0 Å². The molecule has 0 aliphatic rings. The van der Waals surface area contributed by atoms with Gasteiger partial charge in [0.1, 0.15) is 11.6 Å². The number of aryl methyl sites for hydroxylation is 4. The van der Waals surface area contributed by atoms with Gasteiger partial charge in [0.05, 0.1) is 0 Å². The van der Waals surface area contributed by atoms with E-state index >= 15 is 0 Å². The van der Waals surface area contributed by atoms with Crippen molar-refractivity contribution in [2.24, 2.45) is 0 Å². The minimum absolute atomic E-state index is 0.0883. The van der Waals surface area contributed by atoms with Crippen LogP contribution in [0.1, 0.15) is 32.6 Å². The monoisotopic (exact) mass is 286 g/mol. The van der Waals surface area contributed by atoms with Crippen LogP contribution >= 0.6 is 0 Å². The molecule has 3 heteroatoms. The lowest BCUT2D eigenvalue weighted by Gasteiger charge is -2.12. The summed E-state index contributed by atoms with van der Waals surface area (Å²) in [5.41, 5.74) is 4.51. The highest BCUT2D eigenvalue weighted by Gasteiger charge is 2.14. The van der Waals surface area contributed by atoms with Crippen LogP contribution < -0.4 is 4.74 Å². The molecule has 0 heterocycles. The summed E-state index contributed by atoms with van der Waals surface area (Å²) in [6, 6.07) is 8.27. The lowest BCUT2D eigenvalue weighted by Crippen LogP contribution is -2.15. The molecule has 2 nitrogen and oxygen atoms in total. The van der Waals surface area contributed by atoms with Gasteiger partial charge in [0.2, 0.25) is 5.78 Å². The Bertz CT molecular complexity index is 667. The first-order valence-electron chi connectivity index (χ1n) is 6.88. The average Bonchev–Trinajstić information content (AvgIpc) is 2.38. The minimum atomic E-state index is -0.370. The SMILES string of the molecule is Cc1cc(C)c(C(=O)COc2cc(F)ccc2C)c(C)c1. The first-order valence-corrected chi connectivity index (χ1v) is 6.88. The van der Waals surface area contributed by atoms with Gasteiger partial charge < -0.3 is 4.74 Å². The Morgan fingerprint density at radius 1 is 1.00 bits per heavy atom. The molecule has 0 saturated carbocycles. The summed E-state index contributed by atoms with van der Waals surface area (Å²) in [5, 5.41) is 0. The number of hydrogen-bond acceptors (Lipinski definition) is 2. The van der Waals surface area contributed by atoms with Crippen molar-refractivity contribution in [2.45, 2.75) is 27.7 Å². The van der Waals surface area contributed by atoms with Crippen molar-refractivity contribution in [3.63, 3.8) is 0 Å². The number of ketones is 1. The number of benzene rings is 2. The maximum Gasteiger partial charge on any atom is 0.200 e. The van der Waals surface area contributed by atoms with Crippen LogP contribution in [0.15, 0.2) is 30.3 Å². The third kappa shape index (κ3) is 3.48. The molecule has 0 saturated heterocycles. The second kappa shape index (κ2) is 6.08. The van der Waals surface area contributed by atoms with Crippen LogP contribution in [0, 0.1) is 33.5 Å². The third-order valence-corrected chi connectivity index (χ3v) is 3.46. The zero-order valence-corrected chi connectivity index (χ0v) is 12.8. The topological polar surface area (TPSA) is 26.3 Å². The van der Waals surface area contributed by atoms with Gasteiger partial charge >= 0.3 is 0 Å². The van der Waals surface area contributed by atoms with E-state index in [0.717, 1.165) is 22.3 Å². The van der Waals surface area contributed by atoms with Gasteiger partial charge in [-0.2, -0.15) is 0 Å². The molecule has 0 atom stereocenters. The predicted octanol–water partition coefficient (Wildman–Crippen LogP) is 4.32. The second-order valence-electron chi connectivity index (χ2n) is 5.40. The van der Waals surface area contributed by atoms with Crippen molar-refractivity contribution >= 4 is 5.78 Å². The molecule has 0 N–H and O–H groups in total. The number of rotatable bonds is 4. The Morgan fingerprint density at radius 2 is 1.62 bits per heavy atom. The van der Waals surface area contributed by atoms with Crippen molar-refractivity contribution < 1.29 is 13.9 Å². The van der Waals surface area contributed by atoms with Crippen molar-refractivity contribution in [3.05, 3.63) is 64.0 Å². The summed E-state index contributed by atoms with van der Waals surface area (Å²) >= 11 is 0. The van der Waals surface area contributed by atoms with E-state index in [1.807, 2.05) is 39.8 Å². The van der Waals surface area contributed by atoms with Gasteiger partial charge in [0.25, 0.3) is 0 Å². The fourth-order valence-corrected chi connectivity index (χ4v) is 2.56. The van der Waals surface area contributed by atoms with Crippen molar-refractivity contribution in [2.75, 3.05) is 6.61 Å². The summed E-state index contributed by atoms with van der Waals surface area (Å²) in [4.78, 5) is 12.3. The van der Waals surface area contributed by atoms with E-state index in [1.54, 1.807) is 6.07 Å². The number of ether oxygens (including phenoxy) is 1. The van der Waals surface area contributed by atoms with E-state index < -0.39 is 0 Å². The van der Waals surface area contributed by atoms with Gasteiger partial charge in [0, 0.05) is 11.6 Å². The van der Waals surface area contributed by atoms with E-state index in [0.29, 0.717) is 11.3 Å². The van der Waals surface area contributed by atoms with E-state index in [2.05, 4.69) is 0 Å². The summed E-state index contributed by atoms with van der Waals surface area (Å²) < 4.78 is 18.7. The molecule has 0 unspecified atom stereocenters. The highest BCUT2D eigenvalue weighted by atomic mass is 19.1. The molecule has 0 radical (unpaired) electrons. The van der Waals surface area contributed by atoms with Gasteiger partial charge in [-0.25, -0.2) is 4.39 Å². The molecule has 21 heavy (non-hydrogen) atoms. The standard InChI is InChI=1S/C18H19FO2/c1-11-7-13(3)18(14(4)8-11)16(20)10-21-17-9-15(19)6-5-12(17)2/h5-9H,10H2,1-4H3. The molecule has 0 aliphatic heterocycles. The quantitative estimate of drug-likeness (QED) is 0.782. The number of halogens is 1. The Balaban J connectivity index is 2.18. The van der Waals surface area contributed by atoms with Crippen LogP contribution in [0.25, 0.3) is 0 Å². The smallest absolute Gasteiger partial charge is 0.200 e. The normalized spacial score (nSPS) is 10.5. The van der Waals surface area contributed by atoms with Gasteiger partial charge in [0.15, 0.2) is 6.61 Å². The largest absolute Gasteiger partial charge is 0.485 e. The number of hydrogen-bond donors (Lipinski definition) is 0. The third-order valence-electron chi connectivity index (χ3n) is 3.46. The summed E-state index contributed by atoms with van der Waals surface area (Å²) in [7, 11) is 0. The van der Waals surface area contributed by atoms with Gasteiger partial charge in [-0.1, -0.05) is 23.8 Å². The lowest BCUT2D eigenvalue weighted by atomic mass is 9.97. The highest BCUT2D eigenvalue weighted by molar-refractivity contribution is 6.00. The van der Waals surface area contributed by atoms with Crippen molar-refractivity contribution in [1.82, 2.24) is 0 Å². The zero-order valence-electron chi connectivity index (χ0n) is 12.8. The Morgan fingerprint density at radius 3 is 2.24 bits per heavy atom. The molecular weight excluding hydrogens is 267 g/mol. The van der Waals surface area contributed by atoms with Gasteiger partial charge in [-0.15, -0.1) is 0 Å². The second-order valence-corrected chi connectivity index (χ2v) is 5.40. The summed E-state index contributed by atoms with van der Waals surface area (Å²) in [6.07, 6.45) is 0. The van der Waals surface area contributed by atoms with Crippen LogP contribution in [0.4, 0.5) is 4.39 Å². The first-order chi connectivity index (χ1) is 9.88. The Labute approximate surface area is 124 Å². The van der Waals surface area contributed by atoms with Crippen LogP contribution in [0.3, 0.4) is 0 Å². The number of Topliss-reactive ketones (excluding diaryl/α,β-unsaturated/α-hetero) is 1. The number of carbonyl (C=O) groups is 1. The molecule has 0 aliphatic carbocycles. The highest BCUT2D eigenvalue weighted by Crippen LogP contribution is 2.21.